The van der Waals surface area contributed by atoms with Crippen LogP contribution in [0.5, 0.6) is 0 Å². The zero-order valence-corrected chi connectivity index (χ0v) is 23.8. The number of ether oxygens (including phenoxy) is 1. The smallest absolute Gasteiger partial charge is 0.311 e. The second kappa shape index (κ2) is 11.4. The number of carbonyl (C=O) groups is 3. The summed E-state index contributed by atoms with van der Waals surface area (Å²) < 4.78 is 4.69. The number of amides is 2. The van der Waals surface area contributed by atoms with E-state index < -0.39 is 28.7 Å². The third kappa shape index (κ3) is 4.57. The van der Waals surface area contributed by atoms with Gasteiger partial charge in [-0.3, -0.25) is 14.4 Å². The van der Waals surface area contributed by atoms with Crippen LogP contribution in [0.3, 0.4) is 0 Å². The topological polar surface area (TPSA) is 90.4 Å². The third-order valence-corrected chi connectivity index (χ3v) is 10.4. The summed E-state index contributed by atoms with van der Waals surface area (Å²) in [6.45, 7) is 8.34. The molecule has 2 saturated heterocycles. The van der Waals surface area contributed by atoms with E-state index in [1.54, 1.807) is 9.80 Å². The lowest BCUT2D eigenvalue weighted by Gasteiger charge is -2.38. The highest BCUT2D eigenvalue weighted by Crippen LogP contribution is 2.61. The third-order valence-electron chi connectivity index (χ3n) is 8.65. The number of fused-ring (bicyclic) bond motifs is 2. The van der Waals surface area contributed by atoms with Crippen molar-refractivity contribution in [1.82, 2.24) is 4.90 Å². The molecule has 5 rings (SSSR count). The van der Waals surface area contributed by atoms with Gasteiger partial charge >= 0.3 is 5.97 Å². The summed E-state index contributed by atoms with van der Waals surface area (Å²) in [5.74, 6) is -2.23. The van der Waals surface area contributed by atoms with E-state index in [-0.39, 0.29) is 29.6 Å². The molecule has 2 fully saturated rings. The van der Waals surface area contributed by atoms with Gasteiger partial charge in [-0.15, -0.1) is 11.8 Å². The fraction of sp³-hybridized carbons (Fsp3) is 0.567. The van der Waals surface area contributed by atoms with Crippen LogP contribution in [0.2, 0.25) is 0 Å². The van der Waals surface area contributed by atoms with Gasteiger partial charge < -0.3 is 24.5 Å². The van der Waals surface area contributed by atoms with Crippen LogP contribution < -0.4 is 9.80 Å². The van der Waals surface area contributed by atoms with Crippen molar-refractivity contribution in [2.24, 2.45) is 11.8 Å². The average molecular weight is 554 g/mol. The Morgan fingerprint density at radius 3 is 2.51 bits per heavy atom. The lowest BCUT2D eigenvalue weighted by Crippen LogP contribution is -2.56. The fourth-order valence-electron chi connectivity index (χ4n) is 6.66. The second-order valence-electron chi connectivity index (χ2n) is 10.6. The van der Waals surface area contributed by atoms with Crippen LogP contribution in [0.4, 0.5) is 11.4 Å². The summed E-state index contributed by atoms with van der Waals surface area (Å²) in [6.07, 6.45) is 10.1. The second-order valence-corrected chi connectivity index (χ2v) is 12.1. The van der Waals surface area contributed by atoms with Gasteiger partial charge in [-0.1, -0.05) is 31.2 Å². The lowest BCUT2D eigenvalue weighted by atomic mass is 9.78. The number of likely N-dealkylation sites (tertiary alicyclic amines) is 1. The number of benzene rings is 1. The Morgan fingerprint density at radius 2 is 1.85 bits per heavy atom. The van der Waals surface area contributed by atoms with Gasteiger partial charge in [0.2, 0.25) is 5.91 Å². The maximum absolute atomic E-state index is 14.5. The maximum Gasteiger partial charge on any atom is 0.311 e. The van der Waals surface area contributed by atoms with Crippen LogP contribution in [-0.4, -0.2) is 82.7 Å². The number of allylic oxidation sites excluding steroid dienone is 1. The molecule has 4 aliphatic heterocycles. The highest BCUT2D eigenvalue weighted by molar-refractivity contribution is 8.02. The molecule has 1 unspecified atom stereocenters. The number of nitrogens with zero attached hydrogens (tertiary/aromatic N) is 3. The first-order valence-electron chi connectivity index (χ1n) is 14.2. The Morgan fingerprint density at radius 1 is 1.10 bits per heavy atom. The molecule has 1 N–H and O–H groups in total. The molecule has 6 atom stereocenters. The fourth-order valence-corrected chi connectivity index (χ4v) is 8.65. The van der Waals surface area contributed by atoms with E-state index in [4.69, 9.17) is 4.74 Å². The molecule has 4 heterocycles. The van der Waals surface area contributed by atoms with E-state index in [0.29, 0.717) is 19.6 Å². The summed E-state index contributed by atoms with van der Waals surface area (Å²) >= 11 is 1.53. The molecular weight excluding hydrogens is 514 g/mol. The Balaban J connectivity index is 1.58. The van der Waals surface area contributed by atoms with Crippen molar-refractivity contribution in [1.29, 1.82) is 0 Å². The molecule has 0 saturated carbocycles. The summed E-state index contributed by atoms with van der Waals surface area (Å²) in [4.78, 5) is 47.7. The van der Waals surface area contributed by atoms with Gasteiger partial charge in [0, 0.05) is 36.3 Å². The molecule has 0 bridgehead atoms. The van der Waals surface area contributed by atoms with Crippen molar-refractivity contribution < 1.29 is 24.2 Å². The molecular formula is C30H39N3O5S. The van der Waals surface area contributed by atoms with Crippen molar-refractivity contribution >= 4 is 40.9 Å². The van der Waals surface area contributed by atoms with Gasteiger partial charge in [-0.05, 0) is 57.4 Å². The average Bonchev–Trinajstić information content (AvgIpc) is 3.36. The first-order chi connectivity index (χ1) is 18.9. The van der Waals surface area contributed by atoms with Crippen LogP contribution >= 0.6 is 11.8 Å². The zero-order valence-electron chi connectivity index (χ0n) is 23.0. The molecule has 4 aliphatic rings. The Bertz CT molecular complexity index is 1150. The van der Waals surface area contributed by atoms with Crippen LogP contribution in [-0.2, 0) is 19.1 Å². The van der Waals surface area contributed by atoms with E-state index in [9.17, 15) is 19.5 Å². The highest BCUT2D eigenvalue weighted by Gasteiger charge is 2.71. The van der Waals surface area contributed by atoms with Crippen LogP contribution in [0, 0.1) is 11.8 Å². The van der Waals surface area contributed by atoms with E-state index in [1.807, 2.05) is 49.4 Å². The number of aliphatic hydroxyl groups excluding tert-OH is 1. The normalized spacial score (nSPS) is 31.8. The van der Waals surface area contributed by atoms with E-state index in [0.717, 1.165) is 37.3 Å². The largest absolute Gasteiger partial charge is 0.465 e. The number of rotatable bonds is 7. The summed E-state index contributed by atoms with van der Waals surface area (Å²) in [5, 5.41) is 10.0. The minimum Gasteiger partial charge on any atom is -0.465 e. The van der Waals surface area contributed by atoms with Crippen molar-refractivity contribution in [3.8, 4) is 0 Å². The van der Waals surface area contributed by atoms with Gasteiger partial charge in [-0.25, -0.2) is 0 Å². The van der Waals surface area contributed by atoms with Gasteiger partial charge in [-0.2, -0.15) is 0 Å². The quantitative estimate of drug-likeness (QED) is 0.409. The minimum absolute atomic E-state index is 0.185. The van der Waals surface area contributed by atoms with Crippen LogP contribution in [0.15, 0.2) is 48.6 Å². The van der Waals surface area contributed by atoms with Gasteiger partial charge in [0.15, 0.2) is 0 Å². The van der Waals surface area contributed by atoms with Crippen molar-refractivity contribution in [3.05, 3.63) is 48.6 Å². The van der Waals surface area contributed by atoms with Crippen molar-refractivity contribution in [2.75, 3.05) is 42.6 Å². The Hall–Kier alpha value is -2.78. The van der Waals surface area contributed by atoms with Gasteiger partial charge in [0.05, 0.1) is 35.8 Å². The van der Waals surface area contributed by atoms with E-state index in [2.05, 4.69) is 24.8 Å². The van der Waals surface area contributed by atoms with E-state index in [1.165, 1.54) is 11.8 Å². The number of hydrogen-bond acceptors (Lipinski definition) is 7. The molecule has 1 spiro atoms. The van der Waals surface area contributed by atoms with Crippen molar-refractivity contribution in [2.45, 2.75) is 62.1 Å². The monoisotopic (exact) mass is 553 g/mol. The molecule has 8 nitrogen and oxygen atoms in total. The molecule has 2 amide bonds. The Labute approximate surface area is 235 Å². The number of hydrogen-bond donors (Lipinski definition) is 1. The molecule has 1 aromatic carbocycles. The molecule has 0 radical (unpaired) electrons. The predicted octanol–water partition coefficient (Wildman–Crippen LogP) is 3.40. The predicted molar refractivity (Wildman–Crippen MR) is 154 cm³/mol. The van der Waals surface area contributed by atoms with Crippen LogP contribution in [0.25, 0.3) is 0 Å². The molecule has 39 heavy (non-hydrogen) atoms. The zero-order chi connectivity index (χ0) is 27.7. The highest BCUT2D eigenvalue weighted by atomic mass is 32.2. The lowest BCUT2D eigenvalue weighted by molar-refractivity contribution is -0.153. The number of esters is 1. The first kappa shape index (κ1) is 27.8. The summed E-state index contributed by atoms with van der Waals surface area (Å²) in [5.41, 5.74) is 1.85. The molecule has 9 heteroatoms. The van der Waals surface area contributed by atoms with Gasteiger partial charge in [0.1, 0.15) is 6.04 Å². The molecule has 0 aliphatic carbocycles. The maximum atomic E-state index is 14.5. The number of carbonyl (C=O) groups excluding carboxylic acids is 3. The molecule has 0 aromatic heterocycles. The minimum atomic E-state index is -0.926. The van der Waals surface area contributed by atoms with Gasteiger partial charge in [0.25, 0.3) is 5.91 Å². The number of anilines is 2. The van der Waals surface area contributed by atoms with E-state index >= 15 is 0 Å². The van der Waals surface area contributed by atoms with Crippen molar-refractivity contribution in [3.63, 3.8) is 0 Å². The molecule has 1 aromatic rings. The summed E-state index contributed by atoms with van der Waals surface area (Å²) in [6, 6.07) is 6.61. The number of aliphatic hydroxyl groups is 1. The van der Waals surface area contributed by atoms with Crippen LogP contribution in [0.1, 0.15) is 40.0 Å². The summed E-state index contributed by atoms with van der Waals surface area (Å²) in [7, 11) is 0. The number of thioether (sulfide) groups is 1. The SMILES string of the molecule is CC[C@@H](CO)N1C(=O)[C@@H]2[C@@H]3C(=O)OCCC/C=C\[C@@H]3S[C@@]23C=CCN(c2ccc(N(CC)CC)cc2)C(=O)C13. The molecule has 210 valence electrons. The number of cyclic esters (lactones) is 1. The Kier molecular flexibility index (Phi) is 8.10. The standard InChI is InChI=1S/C30H39N3O5S/c1-4-20(19-34)33-26-28(36)32(22-14-12-21(13-15-22)31(5-2)6-3)17-10-16-30(26)25(27(33)35)24-23(39-30)11-8-7-9-18-38-29(24)37/h8,10-16,20,23-26,34H,4-7,9,17-19H2,1-3H3/b11-8-/t20-,23-,24+,25-,26?,30-/m0/s1. The first-order valence-corrected chi connectivity index (χ1v) is 15.1.